The molecule has 1 saturated heterocycles. The summed E-state index contributed by atoms with van der Waals surface area (Å²) in [6.45, 7) is 7.22. The van der Waals surface area contributed by atoms with Crippen LogP contribution in [-0.4, -0.2) is 54.0 Å². The summed E-state index contributed by atoms with van der Waals surface area (Å²) in [6, 6.07) is 0. The van der Waals surface area contributed by atoms with Crippen LogP contribution in [0.25, 0.3) is 0 Å². The Morgan fingerprint density at radius 2 is 1.73 bits per heavy atom. The minimum absolute atomic E-state index is 0. The zero-order chi connectivity index (χ0) is 14.2. The Kier molecular flexibility index (Phi) is 7.44. The van der Waals surface area contributed by atoms with Crippen molar-refractivity contribution in [3.63, 3.8) is 0 Å². The molecular formula is C16H31Cl2N3O. The van der Waals surface area contributed by atoms with Gasteiger partial charge in [-0.05, 0) is 38.5 Å². The second-order valence-electron chi connectivity index (χ2n) is 7.37. The summed E-state index contributed by atoms with van der Waals surface area (Å²) < 4.78 is 0. The molecule has 1 heterocycles. The van der Waals surface area contributed by atoms with Gasteiger partial charge in [-0.15, -0.1) is 24.8 Å². The first-order valence-electron chi connectivity index (χ1n) is 8.36. The highest BCUT2D eigenvalue weighted by Crippen LogP contribution is 2.33. The van der Waals surface area contributed by atoms with Crippen LogP contribution in [0.1, 0.15) is 45.4 Å². The summed E-state index contributed by atoms with van der Waals surface area (Å²) in [7, 11) is 0. The number of piperazine rings is 1. The molecule has 2 N–H and O–H groups in total. The van der Waals surface area contributed by atoms with Gasteiger partial charge >= 0.3 is 0 Å². The van der Waals surface area contributed by atoms with E-state index in [2.05, 4.69) is 16.7 Å². The third-order valence-electron chi connectivity index (χ3n) is 5.45. The highest BCUT2D eigenvalue weighted by atomic mass is 35.5. The van der Waals surface area contributed by atoms with E-state index in [0.717, 1.165) is 51.4 Å². The van der Waals surface area contributed by atoms with Gasteiger partial charge in [-0.25, -0.2) is 0 Å². The number of amides is 1. The number of nitrogens with two attached hydrogens (primary N) is 1. The first-order valence-corrected chi connectivity index (χ1v) is 8.36. The fourth-order valence-electron chi connectivity index (χ4n) is 3.80. The van der Waals surface area contributed by atoms with Crippen LogP contribution >= 0.6 is 24.8 Å². The second-order valence-corrected chi connectivity index (χ2v) is 7.37. The molecule has 0 bridgehead atoms. The van der Waals surface area contributed by atoms with Crippen LogP contribution in [-0.2, 0) is 4.79 Å². The summed E-state index contributed by atoms with van der Waals surface area (Å²) in [5, 5.41) is 0. The van der Waals surface area contributed by atoms with Gasteiger partial charge in [0.25, 0.3) is 0 Å². The Bertz CT molecular complexity index is 366. The van der Waals surface area contributed by atoms with Crippen LogP contribution in [0.2, 0.25) is 0 Å². The van der Waals surface area contributed by atoms with E-state index in [0.29, 0.717) is 5.91 Å². The van der Waals surface area contributed by atoms with Crippen molar-refractivity contribution in [2.24, 2.45) is 17.6 Å². The molecule has 3 fully saturated rings. The average molecular weight is 352 g/mol. The lowest BCUT2D eigenvalue weighted by Gasteiger charge is -2.42. The number of rotatable bonds is 3. The maximum absolute atomic E-state index is 12.7. The monoisotopic (exact) mass is 351 g/mol. The van der Waals surface area contributed by atoms with Crippen molar-refractivity contribution in [2.75, 3.05) is 32.7 Å². The van der Waals surface area contributed by atoms with Crippen molar-refractivity contribution in [3.05, 3.63) is 0 Å². The SMILES string of the molecule is CC1(N)CCCCC1C(=O)N1CCN(CC2CC2)CC1.Cl.Cl. The molecule has 130 valence electrons. The molecule has 2 atom stereocenters. The summed E-state index contributed by atoms with van der Waals surface area (Å²) in [5.41, 5.74) is 6.08. The van der Waals surface area contributed by atoms with Gasteiger partial charge in [0.15, 0.2) is 0 Å². The van der Waals surface area contributed by atoms with Gasteiger partial charge in [0, 0.05) is 38.3 Å². The lowest BCUT2D eigenvalue weighted by Crippen LogP contribution is -2.57. The molecule has 0 aromatic carbocycles. The van der Waals surface area contributed by atoms with E-state index in [1.54, 1.807) is 0 Å². The third-order valence-corrected chi connectivity index (χ3v) is 5.45. The standard InChI is InChI=1S/C16H29N3O.2ClH/c1-16(17)7-3-2-4-14(16)15(20)19-10-8-18(9-11-19)12-13-5-6-13;;/h13-14H,2-12,17H2,1H3;2*1H. The summed E-state index contributed by atoms with van der Waals surface area (Å²) >= 11 is 0. The molecule has 22 heavy (non-hydrogen) atoms. The fraction of sp³-hybridized carbons (Fsp3) is 0.938. The lowest BCUT2D eigenvalue weighted by molar-refractivity contribution is -0.140. The first-order chi connectivity index (χ1) is 9.56. The van der Waals surface area contributed by atoms with Crippen molar-refractivity contribution in [1.82, 2.24) is 9.80 Å². The van der Waals surface area contributed by atoms with Gasteiger partial charge in [-0.1, -0.05) is 12.8 Å². The molecular weight excluding hydrogens is 321 g/mol. The quantitative estimate of drug-likeness (QED) is 0.848. The number of nitrogens with zero attached hydrogens (tertiary/aromatic N) is 2. The van der Waals surface area contributed by atoms with Crippen molar-refractivity contribution in [1.29, 1.82) is 0 Å². The largest absolute Gasteiger partial charge is 0.340 e. The Morgan fingerprint density at radius 1 is 1.09 bits per heavy atom. The van der Waals surface area contributed by atoms with Crippen molar-refractivity contribution in [2.45, 2.75) is 51.0 Å². The minimum Gasteiger partial charge on any atom is -0.340 e. The summed E-state index contributed by atoms with van der Waals surface area (Å²) in [5.74, 6) is 1.31. The topological polar surface area (TPSA) is 49.6 Å². The molecule has 0 radical (unpaired) electrons. The molecule has 3 rings (SSSR count). The maximum Gasteiger partial charge on any atom is 0.227 e. The van der Waals surface area contributed by atoms with Crippen LogP contribution in [0, 0.1) is 11.8 Å². The van der Waals surface area contributed by atoms with Gasteiger partial charge < -0.3 is 10.6 Å². The molecule has 1 amide bonds. The molecule has 2 saturated carbocycles. The van der Waals surface area contributed by atoms with E-state index < -0.39 is 0 Å². The number of hydrogen-bond acceptors (Lipinski definition) is 3. The first kappa shape index (κ1) is 20.0. The second kappa shape index (κ2) is 8.18. The molecule has 4 nitrogen and oxygen atoms in total. The van der Waals surface area contributed by atoms with Gasteiger partial charge in [-0.3, -0.25) is 9.69 Å². The van der Waals surface area contributed by atoms with E-state index in [-0.39, 0.29) is 36.3 Å². The zero-order valence-electron chi connectivity index (χ0n) is 13.6. The van der Waals surface area contributed by atoms with Gasteiger partial charge in [0.05, 0.1) is 5.92 Å². The van der Waals surface area contributed by atoms with Crippen molar-refractivity contribution in [3.8, 4) is 0 Å². The van der Waals surface area contributed by atoms with E-state index in [4.69, 9.17) is 5.73 Å². The number of halogens is 2. The normalized spacial score (nSPS) is 32.8. The highest BCUT2D eigenvalue weighted by Gasteiger charge is 2.40. The Hall–Kier alpha value is -0.0300. The van der Waals surface area contributed by atoms with E-state index in [1.165, 1.54) is 25.8 Å². The van der Waals surface area contributed by atoms with Gasteiger partial charge in [-0.2, -0.15) is 0 Å². The molecule has 2 unspecified atom stereocenters. The summed E-state index contributed by atoms with van der Waals surface area (Å²) in [6.07, 6.45) is 7.12. The number of carbonyl (C=O) groups is 1. The highest BCUT2D eigenvalue weighted by molar-refractivity contribution is 5.85. The number of hydrogen-bond donors (Lipinski definition) is 1. The molecule has 1 aliphatic heterocycles. The molecule has 0 aromatic rings. The Balaban J connectivity index is 0.00000121. The smallest absolute Gasteiger partial charge is 0.227 e. The van der Waals surface area contributed by atoms with Gasteiger partial charge in [0.1, 0.15) is 0 Å². The summed E-state index contributed by atoms with van der Waals surface area (Å²) in [4.78, 5) is 17.3. The van der Waals surface area contributed by atoms with Crippen LogP contribution in [0.5, 0.6) is 0 Å². The van der Waals surface area contributed by atoms with Crippen LogP contribution in [0.15, 0.2) is 0 Å². The number of carbonyl (C=O) groups excluding carboxylic acids is 1. The Morgan fingerprint density at radius 3 is 2.27 bits per heavy atom. The fourth-order valence-corrected chi connectivity index (χ4v) is 3.80. The zero-order valence-corrected chi connectivity index (χ0v) is 15.3. The predicted octanol–water partition coefficient (Wildman–Crippen LogP) is 2.29. The van der Waals surface area contributed by atoms with Crippen molar-refractivity contribution < 1.29 is 4.79 Å². The predicted molar refractivity (Wildman–Crippen MR) is 94.8 cm³/mol. The van der Waals surface area contributed by atoms with Crippen molar-refractivity contribution >= 4 is 30.7 Å². The van der Waals surface area contributed by atoms with E-state index >= 15 is 0 Å². The minimum atomic E-state index is -0.291. The van der Waals surface area contributed by atoms with Gasteiger partial charge in [0.2, 0.25) is 5.91 Å². The maximum atomic E-state index is 12.7. The molecule has 3 aliphatic rings. The average Bonchev–Trinajstić information content (AvgIpc) is 3.22. The van der Waals surface area contributed by atoms with E-state index in [1.807, 2.05) is 0 Å². The molecule has 6 heteroatoms. The molecule has 0 spiro atoms. The van der Waals surface area contributed by atoms with E-state index in [9.17, 15) is 4.79 Å². The Labute approximate surface area is 147 Å². The molecule has 0 aromatic heterocycles. The van der Waals surface area contributed by atoms with Crippen LogP contribution in [0.3, 0.4) is 0 Å². The van der Waals surface area contributed by atoms with Crippen LogP contribution in [0.4, 0.5) is 0 Å². The lowest BCUT2D eigenvalue weighted by atomic mass is 9.74. The third kappa shape index (κ3) is 4.73. The van der Waals surface area contributed by atoms with Crippen LogP contribution < -0.4 is 5.73 Å². The molecule has 2 aliphatic carbocycles.